The number of amides is 2. The van der Waals surface area contributed by atoms with Crippen molar-refractivity contribution in [2.75, 3.05) is 33.7 Å². The summed E-state index contributed by atoms with van der Waals surface area (Å²) < 4.78 is 0. The molecule has 0 saturated carbocycles. The second-order valence-corrected chi connectivity index (χ2v) is 5.83. The molecule has 1 fully saturated rings. The number of carbonyl (C=O) groups is 2. The smallest absolute Gasteiger partial charge is 0.317 e. The molecule has 0 radical (unpaired) electrons. The standard InChI is InChI=1S/C13H25N3O3/c1-9(2)11(8-15(3)4)14-13(19)16-6-5-10(7-16)12(17)18/h9-11H,5-8H2,1-4H3,(H,14,19)(H,17,18). The molecular formula is C13H25N3O3. The fourth-order valence-electron chi connectivity index (χ4n) is 2.21. The number of carboxylic acids is 1. The number of hydrogen-bond donors (Lipinski definition) is 2. The molecule has 2 atom stereocenters. The van der Waals surface area contributed by atoms with Gasteiger partial charge in [0.05, 0.1) is 5.92 Å². The lowest BCUT2D eigenvalue weighted by atomic mass is 10.0. The summed E-state index contributed by atoms with van der Waals surface area (Å²) in [6.07, 6.45) is 0.544. The minimum absolute atomic E-state index is 0.0754. The maximum atomic E-state index is 12.1. The topological polar surface area (TPSA) is 72.9 Å². The van der Waals surface area contributed by atoms with Gasteiger partial charge in [0.15, 0.2) is 0 Å². The third kappa shape index (κ3) is 4.70. The molecule has 2 unspecified atom stereocenters. The number of nitrogens with zero attached hydrogens (tertiary/aromatic N) is 2. The summed E-state index contributed by atoms with van der Waals surface area (Å²) in [4.78, 5) is 26.6. The number of hydrogen-bond acceptors (Lipinski definition) is 3. The Hall–Kier alpha value is -1.30. The molecule has 6 nitrogen and oxygen atoms in total. The summed E-state index contributed by atoms with van der Waals surface area (Å²) in [5, 5.41) is 11.9. The predicted molar refractivity (Wildman–Crippen MR) is 73.0 cm³/mol. The van der Waals surface area contributed by atoms with Crippen molar-refractivity contribution >= 4 is 12.0 Å². The monoisotopic (exact) mass is 271 g/mol. The number of rotatable bonds is 5. The molecule has 1 aliphatic rings. The molecule has 0 aromatic rings. The van der Waals surface area contributed by atoms with Crippen LogP contribution < -0.4 is 5.32 Å². The minimum atomic E-state index is -0.816. The van der Waals surface area contributed by atoms with Crippen LogP contribution in [0.1, 0.15) is 20.3 Å². The Bertz CT molecular complexity index is 331. The Morgan fingerprint density at radius 1 is 1.42 bits per heavy atom. The first-order valence-corrected chi connectivity index (χ1v) is 6.74. The molecule has 1 heterocycles. The Kier molecular flexibility index (Phi) is 5.60. The van der Waals surface area contributed by atoms with Crippen LogP contribution in [0, 0.1) is 11.8 Å². The van der Waals surface area contributed by atoms with E-state index in [2.05, 4.69) is 19.2 Å². The van der Waals surface area contributed by atoms with Gasteiger partial charge >= 0.3 is 12.0 Å². The highest BCUT2D eigenvalue weighted by Crippen LogP contribution is 2.16. The van der Waals surface area contributed by atoms with Crippen LogP contribution in [-0.2, 0) is 4.79 Å². The first-order valence-electron chi connectivity index (χ1n) is 6.74. The van der Waals surface area contributed by atoms with Gasteiger partial charge in [-0.15, -0.1) is 0 Å². The molecule has 0 aliphatic carbocycles. The van der Waals surface area contributed by atoms with Crippen molar-refractivity contribution in [1.82, 2.24) is 15.1 Å². The lowest BCUT2D eigenvalue weighted by Crippen LogP contribution is -2.49. The van der Waals surface area contributed by atoms with Gasteiger partial charge in [-0.2, -0.15) is 0 Å². The van der Waals surface area contributed by atoms with Crippen LogP contribution in [0.2, 0.25) is 0 Å². The van der Waals surface area contributed by atoms with Crippen molar-refractivity contribution in [2.45, 2.75) is 26.3 Å². The first kappa shape index (κ1) is 15.8. The van der Waals surface area contributed by atoms with Gasteiger partial charge in [0.1, 0.15) is 0 Å². The number of urea groups is 1. The number of likely N-dealkylation sites (tertiary alicyclic amines) is 1. The molecule has 2 amide bonds. The molecule has 19 heavy (non-hydrogen) atoms. The average molecular weight is 271 g/mol. The number of aliphatic carboxylic acids is 1. The van der Waals surface area contributed by atoms with Gasteiger partial charge in [-0.3, -0.25) is 4.79 Å². The van der Waals surface area contributed by atoms with E-state index < -0.39 is 11.9 Å². The quantitative estimate of drug-likeness (QED) is 0.771. The van der Waals surface area contributed by atoms with Crippen molar-refractivity contribution in [3.8, 4) is 0 Å². The molecule has 0 aromatic carbocycles. The molecule has 0 aromatic heterocycles. The van der Waals surface area contributed by atoms with Gasteiger partial charge in [0, 0.05) is 25.7 Å². The first-order chi connectivity index (χ1) is 8.81. The van der Waals surface area contributed by atoms with Crippen molar-refractivity contribution in [3.63, 3.8) is 0 Å². The van der Waals surface area contributed by atoms with Gasteiger partial charge < -0.3 is 20.2 Å². The van der Waals surface area contributed by atoms with Crippen LogP contribution >= 0.6 is 0 Å². The minimum Gasteiger partial charge on any atom is -0.481 e. The zero-order chi connectivity index (χ0) is 14.6. The third-order valence-electron chi connectivity index (χ3n) is 3.50. The number of carbonyl (C=O) groups excluding carboxylic acids is 1. The largest absolute Gasteiger partial charge is 0.481 e. The highest BCUT2D eigenvalue weighted by atomic mass is 16.4. The lowest BCUT2D eigenvalue weighted by Gasteiger charge is -2.28. The lowest BCUT2D eigenvalue weighted by molar-refractivity contribution is -0.141. The average Bonchev–Trinajstić information content (AvgIpc) is 2.76. The molecule has 0 spiro atoms. The number of nitrogens with one attached hydrogen (secondary N) is 1. The molecule has 1 saturated heterocycles. The van der Waals surface area contributed by atoms with Crippen molar-refractivity contribution in [2.24, 2.45) is 11.8 Å². The van der Waals surface area contributed by atoms with E-state index in [1.807, 2.05) is 19.0 Å². The summed E-state index contributed by atoms with van der Waals surface area (Å²) in [6.45, 7) is 5.75. The Balaban J connectivity index is 2.51. The van der Waals surface area contributed by atoms with E-state index in [9.17, 15) is 9.59 Å². The zero-order valence-electron chi connectivity index (χ0n) is 12.2. The van der Waals surface area contributed by atoms with Crippen molar-refractivity contribution in [3.05, 3.63) is 0 Å². The fourth-order valence-corrected chi connectivity index (χ4v) is 2.21. The molecule has 2 N–H and O–H groups in total. The van der Waals surface area contributed by atoms with Crippen LogP contribution in [0.5, 0.6) is 0 Å². The fraction of sp³-hybridized carbons (Fsp3) is 0.846. The Morgan fingerprint density at radius 3 is 2.47 bits per heavy atom. The van der Waals surface area contributed by atoms with Gasteiger partial charge in [-0.1, -0.05) is 13.8 Å². The van der Waals surface area contributed by atoms with Crippen LogP contribution in [0.4, 0.5) is 4.79 Å². The maximum Gasteiger partial charge on any atom is 0.317 e. The Labute approximate surface area is 114 Å². The Morgan fingerprint density at radius 2 is 2.05 bits per heavy atom. The van der Waals surface area contributed by atoms with Crippen LogP contribution in [0.15, 0.2) is 0 Å². The van der Waals surface area contributed by atoms with E-state index in [-0.39, 0.29) is 12.1 Å². The number of likely N-dealkylation sites (N-methyl/N-ethyl adjacent to an activating group) is 1. The van der Waals surface area contributed by atoms with E-state index in [1.54, 1.807) is 4.90 Å². The van der Waals surface area contributed by atoms with Crippen LogP contribution in [0.25, 0.3) is 0 Å². The van der Waals surface area contributed by atoms with E-state index >= 15 is 0 Å². The molecule has 110 valence electrons. The summed E-state index contributed by atoms with van der Waals surface area (Å²) in [6, 6.07) is -0.0734. The van der Waals surface area contributed by atoms with E-state index in [0.717, 1.165) is 6.54 Å². The highest BCUT2D eigenvalue weighted by Gasteiger charge is 2.31. The van der Waals surface area contributed by atoms with Gasteiger partial charge in [-0.25, -0.2) is 4.79 Å². The summed E-state index contributed by atoms with van der Waals surface area (Å²) in [5.74, 6) is -0.898. The van der Waals surface area contributed by atoms with Gasteiger partial charge in [0.25, 0.3) is 0 Å². The summed E-state index contributed by atoms with van der Waals surface area (Å²) >= 11 is 0. The zero-order valence-corrected chi connectivity index (χ0v) is 12.2. The highest BCUT2D eigenvalue weighted by molar-refractivity contribution is 5.77. The van der Waals surface area contributed by atoms with E-state index in [4.69, 9.17) is 5.11 Å². The predicted octanol–water partition coefficient (Wildman–Crippen LogP) is 0.689. The maximum absolute atomic E-state index is 12.1. The molecular weight excluding hydrogens is 246 g/mol. The van der Waals surface area contributed by atoms with Gasteiger partial charge in [-0.05, 0) is 26.4 Å². The summed E-state index contributed by atoms with van der Waals surface area (Å²) in [5.41, 5.74) is 0. The second-order valence-electron chi connectivity index (χ2n) is 5.83. The normalized spacial score (nSPS) is 20.9. The van der Waals surface area contributed by atoms with Crippen LogP contribution in [-0.4, -0.2) is 66.7 Å². The molecule has 1 aliphatic heterocycles. The van der Waals surface area contributed by atoms with Gasteiger partial charge in [0.2, 0.25) is 0 Å². The van der Waals surface area contributed by atoms with Crippen molar-refractivity contribution < 1.29 is 14.7 Å². The second kappa shape index (κ2) is 6.75. The number of carboxylic acid groups (broad SMARTS) is 1. The van der Waals surface area contributed by atoms with Crippen LogP contribution in [0.3, 0.4) is 0 Å². The third-order valence-corrected chi connectivity index (χ3v) is 3.50. The summed E-state index contributed by atoms with van der Waals surface area (Å²) in [7, 11) is 3.94. The molecule has 6 heteroatoms. The molecule has 1 rings (SSSR count). The SMILES string of the molecule is CC(C)C(CN(C)C)NC(=O)N1CCC(C(=O)O)C1. The van der Waals surface area contributed by atoms with Crippen molar-refractivity contribution in [1.29, 1.82) is 0 Å². The molecule has 0 bridgehead atoms. The van der Waals surface area contributed by atoms with E-state index in [0.29, 0.717) is 25.4 Å². The van der Waals surface area contributed by atoms with E-state index in [1.165, 1.54) is 0 Å².